The third-order valence-corrected chi connectivity index (χ3v) is 7.76. The van der Waals surface area contributed by atoms with Gasteiger partial charge in [0.15, 0.2) is 0 Å². The molecule has 1 fully saturated rings. The second kappa shape index (κ2) is 6.98. The molecular formula is C14H19BrFNO2S2. The number of rotatable bonds is 5. The van der Waals surface area contributed by atoms with Crippen molar-refractivity contribution in [3.8, 4) is 0 Å². The van der Waals surface area contributed by atoms with Gasteiger partial charge in [-0.3, -0.25) is 0 Å². The highest BCUT2D eigenvalue weighted by Crippen LogP contribution is 2.38. The van der Waals surface area contributed by atoms with E-state index in [0.717, 1.165) is 31.7 Å². The van der Waals surface area contributed by atoms with E-state index in [1.165, 1.54) is 18.6 Å². The lowest BCUT2D eigenvalue weighted by Gasteiger charge is -2.35. The van der Waals surface area contributed by atoms with Gasteiger partial charge in [0, 0.05) is 15.8 Å². The van der Waals surface area contributed by atoms with Gasteiger partial charge in [-0.2, -0.15) is 11.8 Å². The molecule has 0 atom stereocenters. The molecule has 0 saturated heterocycles. The number of halogens is 2. The highest BCUT2D eigenvalue weighted by molar-refractivity contribution is 9.10. The van der Waals surface area contributed by atoms with Gasteiger partial charge in [-0.15, -0.1) is 0 Å². The Hall–Kier alpha value is -0.110. The Bertz CT molecular complexity index is 601. The lowest BCUT2D eigenvalue weighted by molar-refractivity contribution is 0.395. The smallest absolute Gasteiger partial charge is 0.210 e. The summed E-state index contributed by atoms with van der Waals surface area (Å²) in [6.45, 7) is 0.417. The summed E-state index contributed by atoms with van der Waals surface area (Å²) >= 11 is 4.85. The number of hydrogen-bond donors (Lipinski definition) is 1. The van der Waals surface area contributed by atoms with Gasteiger partial charge in [-0.25, -0.2) is 17.5 Å². The van der Waals surface area contributed by atoms with Crippen LogP contribution in [0.2, 0.25) is 0 Å². The van der Waals surface area contributed by atoms with Gasteiger partial charge in [-0.05, 0) is 53.2 Å². The van der Waals surface area contributed by atoms with E-state index in [0.29, 0.717) is 6.54 Å². The zero-order chi connectivity index (χ0) is 15.5. The van der Waals surface area contributed by atoms with Crippen LogP contribution in [0.5, 0.6) is 0 Å². The molecule has 0 spiro atoms. The predicted octanol–water partition coefficient (Wildman–Crippen LogP) is 3.93. The standard InChI is InChI=1S/C14H19BrFNO2S2/c1-20-14(7-3-2-4-8-14)10-17-21(18,19)13-6-5-11(16)9-12(13)15/h5-6,9,17H,2-4,7-8,10H2,1H3. The minimum Gasteiger partial charge on any atom is -0.210 e. The first kappa shape index (κ1) is 17.2. The zero-order valence-electron chi connectivity index (χ0n) is 11.9. The zero-order valence-corrected chi connectivity index (χ0v) is 15.1. The van der Waals surface area contributed by atoms with Crippen molar-refractivity contribution in [1.82, 2.24) is 4.72 Å². The van der Waals surface area contributed by atoms with Crippen molar-refractivity contribution in [1.29, 1.82) is 0 Å². The summed E-state index contributed by atoms with van der Waals surface area (Å²) in [6.07, 6.45) is 7.60. The minimum absolute atomic E-state index is 0.0160. The van der Waals surface area contributed by atoms with Gasteiger partial charge in [0.1, 0.15) is 5.82 Å². The Labute approximate surface area is 138 Å². The highest BCUT2D eigenvalue weighted by Gasteiger charge is 2.33. The average molecular weight is 396 g/mol. The Morgan fingerprint density at radius 3 is 2.57 bits per heavy atom. The van der Waals surface area contributed by atoms with E-state index >= 15 is 0 Å². The minimum atomic E-state index is -3.63. The largest absolute Gasteiger partial charge is 0.241 e. The molecule has 1 aromatic rings. The normalized spacial score (nSPS) is 18.6. The number of thioether (sulfide) groups is 1. The maximum atomic E-state index is 13.1. The highest BCUT2D eigenvalue weighted by atomic mass is 79.9. The van der Waals surface area contributed by atoms with E-state index in [1.807, 2.05) is 6.26 Å². The molecule has 0 aromatic heterocycles. The summed E-state index contributed by atoms with van der Waals surface area (Å²) in [5.74, 6) is -0.464. The number of sulfonamides is 1. The lowest BCUT2D eigenvalue weighted by Crippen LogP contribution is -2.41. The molecular weight excluding hydrogens is 377 g/mol. The van der Waals surface area contributed by atoms with Gasteiger partial charge < -0.3 is 0 Å². The Kier molecular flexibility index (Phi) is 5.73. The first-order chi connectivity index (χ1) is 9.88. The Morgan fingerprint density at radius 1 is 1.33 bits per heavy atom. The van der Waals surface area contributed by atoms with Crippen LogP contribution in [0.4, 0.5) is 4.39 Å². The van der Waals surface area contributed by atoms with Crippen LogP contribution >= 0.6 is 27.7 Å². The summed E-state index contributed by atoms with van der Waals surface area (Å²) in [4.78, 5) is 0.0796. The van der Waals surface area contributed by atoms with E-state index in [2.05, 4.69) is 20.7 Å². The average Bonchev–Trinajstić information content (AvgIpc) is 2.46. The van der Waals surface area contributed by atoms with Crippen LogP contribution in [0.3, 0.4) is 0 Å². The van der Waals surface area contributed by atoms with Crippen molar-refractivity contribution in [2.45, 2.75) is 41.7 Å². The van der Waals surface area contributed by atoms with Crippen LogP contribution in [0, 0.1) is 5.82 Å². The lowest BCUT2D eigenvalue weighted by atomic mass is 9.88. The third-order valence-electron chi connectivity index (χ3n) is 3.97. The summed E-state index contributed by atoms with van der Waals surface area (Å²) in [5, 5.41) is 0. The van der Waals surface area contributed by atoms with Crippen molar-refractivity contribution in [2.24, 2.45) is 0 Å². The van der Waals surface area contributed by atoms with Gasteiger partial charge in [-0.1, -0.05) is 19.3 Å². The molecule has 21 heavy (non-hydrogen) atoms. The molecule has 0 heterocycles. The molecule has 1 N–H and O–H groups in total. The molecule has 0 amide bonds. The second-order valence-electron chi connectivity index (χ2n) is 5.35. The van der Waals surface area contributed by atoms with Crippen LogP contribution in [-0.2, 0) is 10.0 Å². The molecule has 0 aliphatic heterocycles. The monoisotopic (exact) mass is 395 g/mol. The fraction of sp³-hybridized carbons (Fsp3) is 0.571. The van der Waals surface area contributed by atoms with E-state index in [1.54, 1.807) is 11.8 Å². The van der Waals surface area contributed by atoms with Crippen molar-refractivity contribution in [2.75, 3.05) is 12.8 Å². The molecule has 0 unspecified atom stereocenters. The molecule has 1 aliphatic rings. The molecule has 7 heteroatoms. The molecule has 0 bridgehead atoms. The van der Waals surface area contributed by atoms with Crippen LogP contribution in [-0.4, -0.2) is 26.0 Å². The fourth-order valence-electron chi connectivity index (χ4n) is 2.65. The second-order valence-corrected chi connectivity index (χ2v) is 9.21. The van der Waals surface area contributed by atoms with E-state index in [-0.39, 0.29) is 14.1 Å². The summed E-state index contributed by atoms with van der Waals surface area (Å²) < 4.78 is 40.8. The molecule has 0 radical (unpaired) electrons. The summed E-state index contributed by atoms with van der Waals surface area (Å²) in [7, 11) is -3.63. The molecule has 1 saturated carbocycles. The maximum absolute atomic E-state index is 13.1. The molecule has 2 rings (SSSR count). The van der Waals surface area contributed by atoms with Gasteiger partial charge in [0.05, 0.1) is 4.90 Å². The van der Waals surface area contributed by atoms with Gasteiger partial charge >= 0.3 is 0 Å². The van der Waals surface area contributed by atoms with Gasteiger partial charge in [0.2, 0.25) is 10.0 Å². The number of hydrogen-bond acceptors (Lipinski definition) is 3. The van der Waals surface area contributed by atoms with E-state index in [4.69, 9.17) is 0 Å². The first-order valence-corrected chi connectivity index (χ1v) is 10.4. The van der Waals surface area contributed by atoms with E-state index < -0.39 is 15.8 Å². The summed E-state index contributed by atoms with van der Waals surface area (Å²) in [6, 6.07) is 3.61. The summed E-state index contributed by atoms with van der Waals surface area (Å²) in [5.41, 5.74) is 0. The quantitative estimate of drug-likeness (QED) is 0.820. The van der Waals surface area contributed by atoms with E-state index in [9.17, 15) is 12.8 Å². The first-order valence-electron chi connectivity index (χ1n) is 6.88. The maximum Gasteiger partial charge on any atom is 0.241 e. The molecule has 3 nitrogen and oxygen atoms in total. The number of benzene rings is 1. The van der Waals surface area contributed by atoms with Crippen molar-refractivity contribution in [3.05, 3.63) is 28.5 Å². The Morgan fingerprint density at radius 2 is 2.00 bits per heavy atom. The molecule has 1 aromatic carbocycles. The molecule has 118 valence electrons. The van der Waals surface area contributed by atoms with Crippen LogP contribution in [0.1, 0.15) is 32.1 Å². The number of nitrogens with one attached hydrogen (secondary N) is 1. The van der Waals surface area contributed by atoms with Gasteiger partial charge in [0.25, 0.3) is 0 Å². The Balaban J connectivity index is 2.13. The van der Waals surface area contributed by atoms with Crippen molar-refractivity contribution >= 4 is 37.7 Å². The predicted molar refractivity (Wildman–Crippen MR) is 88.6 cm³/mol. The third kappa shape index (κ3) is 4.21. The molecule has 1 aliphatic carbocycles. The SMILES string of the molecule is CSC1(CNS(=O)(=O)c2ccc(F)cc2Br)CCCCC1. The topological polar surface area (TPSA) is 46.2 Å². The van der Waals surface area contributed by atoms with Crippen molar-refractivity contribution < 1.29 is 12.8 Å². The van der Waals surface area contributed by atoms with Crippen LogP contribution < -0.4 is 4.72 Å². The fourth-order valence-corrected chi connectivity index (χ4v) is 5.83. The van der Waals surface area contributed by atoms with Crippen molar-refractivity contribution in [3.63, 3.8) is 0 Å². The van der Waals surface area contributed by atoms with Crippen LogP contribution in [0.25, 0.3) is 0 Å². The van der Waals surface area contributed by atoms with Crippen LogP contribution in [0.15, 0.2) is 27.6 Å².